The molecule has 0 fully saturated rings. The normalized spacial score (nSPS) is 10.6. The number of urea groups is 1. The van der Waals surface area contributed by atoms with Crippen LogP contribution in [0.25, 0.3) is 16.9 Å². The van der Waals surface area contributed by atoms with Gasteiger partial charge in [-0.1, -0.05) is 12.1 Å². The highest BCUT2D eigenvalue weighted by Crippen LogP contribution is 2.30. The summed E-state index contributed by atoms with van der Waals surface area (Å²) in [5.74, 6) is 1.82. The molecule has 0 bridgehead atoms. The average Bonchev–Trinajstić information content (AvgIpc) is 3.14. The molecule has 0 aliphatic carbocycles. The van der Waals surface area contributed by atoms with Crippen molar-refractivity contribution in [2.24, 2.45) is 0 Å². The van der Waals surface area contributed by atoms with Gasteiger partial charge in [0.2, 0.25) is 0 Å². The number of rotatable bonds is 5. The molecule has 2 N–H and O–H groups in total. The standard InChI is InChI=1S/C21H20N6O3/c1-13-24-25-20-10-8-17(26-27(13)20)14-5-4-6-15(11-14)22-21(28)23-16-7-9-18(29-2)19(12-16)30-3/h4-12H,1-3H3,(H2,22,23,28). The smallest absolute Gasteiger partial charge is 0.323 e. The number of nitrogens with one attached hydrogen (secondary N) is 2. The molecule has 152 valence electrons. The predicted molar refractivity (Wildman–Crippen MR) is 113 cm³/mol. The fourth-order valence-electron chi connectivity index (χ4n) is 3.01. The Bertz CT molecular complexity index is 1220. The summed E-state index contributed by atoms with van der Waals surface area (Å²) in [6.07, 6.45) is 0. The first-order chi connectivity index (χ1) is 14.6. The second-order valence-corrected chi connectivity index (χ2v) is 6.47. The van der Waals surface area contributed by atoms with E-state index in [4.69, 9.17) is 9.47 Å². The van der Waals surface area contributed by atoms with Crippen LogP contribution in [0.3, 0.4) is 0 Å². The van der Waals surface area contributed by atoms with E-state index in [0.717, 1.165) is 11.3 Å². The SMILES string of the molecule is COc1ccc(NC(=O)Nc2cccc(-c3ccc4nnc(C)n4n3)c2)cc1OC. The summed E-state index contributed by atoms with van der Waals surface area (Å²) >= 11 is 0. The van der Waals surface area contributed by atoms with Gasteiger partial charge < -0.3 is 20.1 Å². The third-order valence-corrected chi connectivity index (χ3v) is 4.48. The van der Waals surface area contributed by atoms with Gasteiger partial charge >= 0.3 is 6.03 Å². The fraction of sp³-hybridized carbons (Fsp3) is 0.143. The number of hydrogen-bond acceptors (Lipinski definition) is 6. The van der Waals surface area contributed by atoms with E-state index in [1.807, 2.05) is 37.3 Å². The second-order valence-electron chi connectivity index (χ2n) is 6.47. The average molecular weight is 404 g/mol. The van der Waals surface area contributed by atoms with Gasteiger partial charge in [0, 0.05) is 23.0 Å². The van der Waals surface area contributed by atoms with Crippen molar-refractivity contribution in [2.75, 3.05) is 24.9 Å². The van der Waals surface area contributed by atoms with Crippen LogP contribution in [0.1, 0.15) is 5.82 Å². The Morgan fingerprint density at radius 2 is 1.67 bits per heavy atom. The summed E-state index contributed by atoms with van der Waals surface area (Å²) < 4.78 is 12.1. The molecule has 4 aromatic rings. The van der Waals surface area contributed by atoms with Crippen LogP contribution in [0.4, 0.5) is 16.2 Å². The molecule has 2 heterocycles. The number of carbonyl (C=O) groups excluding carboxylic acids is 1. The summed E-state index contributed by atoms with van der Waals surface area (Å²) in [7, 11) is 3.10. The van der Waals surface area contributed by atoms with Crippen molar-refractivity contribution in [3.63, 3.8) is 0 Å². The van der Waals surface area contributed by atoms with Crippen molar-refractivity contribution in [2.45, 2.75) is 6.92 Å². The minimum Gasteiger partial charge on any atom is -0.493 e. The summed E-state index contributed by atoms with van der Waals surface area (Å²) in [5, 5.41) is 18.2. The van der Waals surface area contributed by atoms with E-state index < -0.39 is 0 Å². The van der Waals surface area contributed by atoms with E-state index in [0.29, 0.717) is 34.3 Å². The van der Waals surface area contributed by atoms with Gasteiger partial charge in [0.15, 0.2) is 23.0 Å². The van der Waals surface area contributed by atoms with Crippen molar-refractivity contribution < 1.29 is 14.3 Å². The fourth-order valence-corrected chi connectivity index (χ4v) is 3.01. The van der Waals surface area contributed by atoms with Gasteiger partial charge in [-0.2, -0.15) is 9.61 Å². The van der Waals surface area contributed by atoms with Crippen molar-refractivity contribution in [3.8, 4) is 22.8 Å². The van der Waals surface area contributed by atoms with Crippen LogP contribution in [-0.4, -0.2) is 40.1 Å². The van der Waals surface area contributed by atoms with Gasteiger partial charge in [0.1, 0.15) is 0 Å². The zero-order valence-corrected chi connectivity index (χ0v) is 16.7. The highest BCUT2D eigenvalue weighted by atomic mass is 16.5. The van der Waals surface area contributed by atoms with E-state index in [1.54, 1.807) is 43.0 Å². The van der Waals surface area contributed by atoms with Crippen LogP contribution in [0.5, 0.6) is 11.5 Å². The van der Waals surface area contributed by atoms with Crippen molar-refractivity contribution >= 4 is 23.1 Å². The van der Waals surface area contributed by atoms with Crippen molar-refractivity contribution in [3.05, 3.63) is 60.4 Å². The Hall–Kier alpha value is -4.14. The number of ether oxygens (including phenoxy) is 2. The molecule has 0 aliphatic rings. The maximum atomic E-state index is 12.4. The molecular formula is C21H20N6O3. The third-order valence-electron chi connectivity index (χ3n) is 4.48. The Labute approximate surface area is 172 Å². The summed E-state index contributed by atoms with van der Waals surface area (Å²) in [4.78, 5) is 12.4. The van der Waals surface area contributed by atoms with Crippen molar-refractivity contribution in [1.82, 2.24) is 19.8 Å². The highest BCUT2D eigenvalue weighted by molar-refractivity contribution is 6.00. The lowest BCUT2D eigenvalue weighted by molar-refractivity contribution is 0.262. The van der Waals surface area contributed by atoms with Crippen LogP contribution < -0.4 is 20.1 Å². The van der Waals surface area contributed by atoms with Crippen LogP contribution in [0, 0.1) is 6.92 Å². The maximum absolute atomic E-state index is 12.4. The number of aromatic nitrogens is 4. The number of fused-ring (bicyclic) bond motifs is 1. The number of hydrogen-bond donors (Lipinski definition) is 2. The predicted octanol–water partition coefficient (Wildman–Crippen LogP) is 3.76. The van der Waals surface area contributed by atoms with Gasteiger partial charge in [-0.25, -0.2) is 4.79 Å². The monoisotopic (exact) mass is 404 g/mol. The minimum atomic E-state index is -0.377. The van der Waals surface area contributed by atoms with Crippen LogP contribution in [0.15, 0.2) is 54.6 Å². The molecule has 0 atom stereocenters. The largest absolute Gasteiger partial charge is 0.493 e. The van der Waals surface area contributed by atoms with Crippen LogP contribution in [-0.2, 0) is 0 Å². The lowest BCUT2D eigenvalue weighted by Crippen LogP contribution is -2.19. The molecule has 0 saturated carbocycles. The molecule has 4 rings (SSSR count). The number of benzene rings is 2. The molecule has 2 aromatic carbocycles. The van der Waals surface area contributed by atoms with E-state index in [-0.39, 0.29) is 6.03 Å². The number of nitrogens with zero attached hydrogens (tertiary/aromatic N) is 4. The Kier molecular flexibility index (Phi) is 5.17. The minimum absolute atomic E-state index is 0.377. The first kappa shape index (κ1) is 19.2. The zero-order chi connectivity index (χ0) is 21.1. The first-order valence-electron chi connectivity index (χ1n) is 9.17. The van der Waals surface area contributed by atoms with Crippen LogP contribution >= 0.6 is 0 Å². The molecule has 0 saturated heterocycles. The molecule has 9 heteroatoms. The molecule has 2 amide bonds. The number of aryl methyl sites for hydroxylation is 1. The quantitative estimate of drug-likeness (QED) is 0.525. The molecule has 2 aromatic heterocycles. The molecular weight excluding hydrogens is 384 g/mol. The lowest BCUT2D eigenvalue weighted by Gasteiger charge is -2.12. The second kappa shape index (κ2) is 8.08. The van der Waals surface area contributed by atoms with E-state index in [1.165, 1.54) is 0 Å². The number of anilines is 2. The van der Waals surface area contributed by atoms with Crippen LogP contribution in [0.2, 0.25) is 0 Å². The summed E-state index contributed by atoms with van der Waals surface area (Å²) in [6, 6.07) is 15.9. The van der Waals surface area contributed by atoms with Gasteiger partial charge in [-0.3, -0.25) is 0 Å². The molecule has 0 spiro atoms. The topological polar surface area (TPSA) is 103 Å². The van der Waals surface area contributed by atoms with Gasteiger partial charge in [0.25, 0.3) is 0 Å². The Morgan fingerprint density at radius 3 is 2.43 bits per heavy atom. The van der Waals surface area contributed by atoms with Gasteiger partial charge in [0.05, 0.1) is 19.9 Å². The van der Waals surface area contributed by atoms with Gasteiger partial charge in [-0.05, 0) is 43.3 Å². The van der Waals surface area contributed by atoms with Crippen molar-refractivity contribution in [1.29, 1.82) is 0 Å². The first-order valence-corrected chi connectivity index (χ1v) is 9.17. The molecule has 0 unspecified atom stereocenters. The van der Waals surface area contributed by atoms with E-state index >= 15 is 0 Å². The zero-order valence-electron chi connectivity index (χ0n) is 16.7. The van der Waals surface area contributed by atoms with Gasteiger partial charge in [-0.15, -0.1) is 10.2 Å². The van der Waals surface area contributed by atoms with E-state index in [2.05, 4.69) is 25.9 Å². The maximum Gasteiger partial charge on any atom is 0.323 e. The number of methoxy groups -OCH3 is 2. The third kappa shape index (κ3) is 3.86. The summed E-state index contributed by atoms with van der Waals surface area (Å²) in [5.41, 5.74) is 3.49. The Morgan fingerprint density at radius 1 is 0.900 bits per heavy atom. The molecule has 0 aliphatic heterocycles. The highest BCUT2D eigenvalue weighted by Gasteiger charge is 2.10. The number of amides is 2. The Balaban J connectivity index is 1.51. The molecule has 0 radical (unpaired) electrons. The van der Waals surface area contributed by atoms with E-state index in [9.17, 15) is 4.79 Å². The number of carbonyl (C=O) groups is 1. The molecule has 30 heavy (non-hydrogen) atoms. The summed E-state index contributed by atoms with van der Waals surface area (Å²) in [6.45, 7) is 1.84. The molecule has 9 nitrogen and oxygen atoms in total. The lowest BCUT2D eigenvalue weighted by atomic mass is 10.1.